The number of carbonyl (C=O) groups excluding carboxylic acids is 1. The summed E-state index contributed by atoms with van der Waals surface area (Å²) in [4.78, 5) is 51.3. The minimum Gasteiger partial charge on any atom is -0.481 e. The van der Waals surface area contributed by atoms with Crippen molar-refractivity contribution in [3.05, 3.63) is 11.6 Å². The van der Waals surface area contributed by atoms with Crippen LogP contribution < -0.4 is 0 Å². The first-order valence-electron chi connectivity index (χ1n) is 20.7. The molecule has 4 saturated carbocycles. The van der Waals surface area contributed by atoms with Crippen LogP contribution in [-0.4, -0.2) is 132 Å². The van der Waals surface area contributed by atoms with Crippen molar-refractivity contribution < 1.29 is 79.0 Å². The van der Waals surface area contributed by atoms with Crippen LogP contribution in [-0.2, 0) is 38.1 Å². The topological polar surface area (TPSA) is 267 Å². The van der Waals surface area contributed by atoms with Gasteiger partial charge < -0.3 is 59.8 Å². The van der Waals surface area contributed by atoms with Crippen LogP contribution in [0.2, 0.25) is 0 Å². The predicted molar refractivity (Wildman–Crippen MR) is 199 cm³/mol. The van der Waals surface area contributed by atoms with Gasteiger partial charge in [-0.1, -0.05) is 47.1 Å². The lowest BCUT2D eigenvalue weighted by Crippen LogP contribution is -2.68. The van der Waals surface area contributed by atoms with Gasteiger partial charge in [0.05, 0.1) is 11.5 Å². The Kier molecular flexibility index (Phi) is 10.7. The molecule has 2 aliphatic heterocycles. The number of aliphatic hydroxyl groups is 5. The van der Waals surface area contributed by atoms with E-state index in [1.54, 1.807) is 0 Å². The van der Waals surface area contributed by atoms with Crippen molar-refractivity contribution in [3.63, 3.8) is 0 Å². The van der Waals surface area contributed by atoms with Gasteiger partial charge in [0.1, 0.15) is 36.6 Å². The Labute approximate surface area is 337 Å². The maximum atomic E-state index is 14.8. The van der Waals surface area contributed by atoms with Gasteiger partial charge in [0.25, 0.3) is 0 Å². The van der Waals surface area contributed by atoms with Gasteiger partial charge in [0.15, 0.2) is 30.6 Å². The molecule has 16 nitrogen and oxygen atoms in total. The van der Waals surface area contributed by atoms with Crippen molar-refractivity contribution in [2.24, 2.45) is 50.2 Å². The molecule has 16 heteroatoms. The smallest absolute Gasteiger partial charge is 0.335 e. The lowest BCUT2D eigenvalue weighted by molar-refractivity contribution is -0.362. The summed E-state index contributed by atoms with van der Waals surface area (Å²) in [6.45, 7) is 14.9. The van der Waals surface area contributed by atoms with E-state index in [-0.39, 0.29) is 34.4 Å². The van der Waals surface area contributed by atoms with E-state index in [1.165, 1.54) is 0 Å². The highest BCUT2D eigenvalue weighted by molar-refractivity contribution is 5.95. The summed E-state index contributed by atoms with van der Waals surface area (Å²) in [5.74, 6) is -4.44. The second kappa shape index (κ2) is 14.3. The highest BCUT2D eigenvalue weighted by atomic mass is 16.7. The molecule has 6 fully saturated rings. The standard InChI is InChI=1S/C42H62O16/c1-37(2)21-8-11-42(7)31(20(43)16-18-19-17-39(4,36(53)54)13-12-38(19,3)14-15-41(18,42)6)40(21,5)10-9-22(37)55-35-27(48)28(26(47)30(58-35)33(51)52)56-34-25(46)23(44)24(45)29(57-34)32(49)50/h16,19,21-31,34-35,44-48H,8-15,17H2,1-7H3,(H,49,50)(H,51,52)(H,53,54). The molecule has 19 unspecified atom stereocenters. The molecule has 0 aromatic rings. The summed E-state index contributed by atoms with van der Waals surface area (Å²) >= 11 is 0. The number of carboxylic acids is 3. The minimum absolute atomic E-state index is 0.0139. The van der Waals surface area contributed by atoms with Gasteiger partial charge in [-0.2, -0.15) is 0 Å². The zero-order valence-corrected chi connectivity index (χ0v) is 34.4. The molecule has 8 N–H and O–H groups in total. The Balaban J connectivity index is 1.14. The Morgan fingerprint density at radius 2 is 1.28 bits per heavy atom. The lowest BCUT2D eigenvalue weighted by Gasteiger charge is -2.70. The van der Waals surface area contributed by atoms with Crippen molar-refractivity contribution in [1.82, 2.24) is 0 Å². The fourth-order valence-electron chi connectivity index (χ4n) is 13.4. The van der Waals surface area contributed by atoms with Crippen LogP contribution in [0.15, 0.2) is 11.6 Å². The number of carboxylic acid groups (broad SMARTS) is 3. The van der Waals surface area contributed by atoms with Gasteiger partial charge in [-0.15, -0.1) is 0 Å². The summed E-state index contributed by atoms with van der Waals surface area (Å²) < 4.78 is 22.9. The van der Waals surface area contributed by atoms with E-state index in [1.807, 2.05) is 26.8 Å². The van der Waals surface area contributed by atoms with E-state index in [0.29, 0.717) is 25.7 Å². The molecule has 19 atom stereocenters. The Bertz CT molecular complexity index is 1730. The van der Waals surface area contributed by atoms with Crippen molar-refractivity contribution >= 4 is 23.7 Å². The lowest BCUT2D eigenvalue weighted by atomic mass is 9.33. The molecule has 2 heterocycles. The zero-order valence-electron chi connectivity index (χ0n) is 34.4. The molecule has 0 bridgehead atoms. The Morgan fingerprint density at radius 3 is 1.88 bits per heavy atom. The number of ether oxygens (including phenoxy) is 4. The number of ketones is 1. The first kappa shape index (κ1) is 43.5. The third kappa shape index (κ3) is 6.25. The summed E-state index contributed by atoms with van der Waals surface area (Å²) in [6.07, 6.45) is -12.2. The number of rotatable bonds is 7. The van der Waals surface area contributed by atoms with Crippen LogP contribution >= 0.6 is 0 Å². The molecule has 0 aromatic heterocycles. The zero-order chi connectivity index (χ0) is 42.9. The summed E-state index contributed by atoms with van der Waals surface area (Å²) in [6, 6.07) is 0. The predicted octanol–water partition coefficient (Wildman–Crippen LogP) is 2.25. The van der Waals surface area contributed by atoms with Crippen molar-refractivity contribution in [1.29, 1.82) is 0 Å². The average Bonchev–Trinajstić information content (AvgIpc) is 3.13. The number of aliphatic hydroxyl groups excluding tert-OH is 5. The minimum atomic E-state index is -2.06. The SMILES string of the molecule is CC1(C(=O)O)CCC2(C)CCC3(C)C(=CC(=O)C4C5(C)CCC(OC6OC(C(=O)O)C(O)C(OC7OC(C(=O)O)C(O)C(O)C7O)C6O)C(C)(C)C5CCC43C)C2C1. The highest BCUT2D eigenvalue weighted by Gasteiger charge is 2.71. The number of allylic oxidation sites excluding steroid dienone is 2. The second-order valence-electron chi connectivity index (χ2n) is 20.6. The summed E-state index contributed by atoms with van der Waals surface area (Å²) in [5, 5.41) is 83.3. The fraction of sp³-hybridized carbons (Fsp3) is 0.857. The number of aliphatic carboxylic acids is 3. The van der Waals surface area contributed by atoms with Gasteiger partial charge in [-0.25, -0.2) is 9.59 Å². The van der Waals surface area contributed by atoms with Crippen LogP contribution in [0.4, 0.5) is 0 Å². The van der Waals surface area contributed by atoms with E-state index in [0.717, 1.165) is 37.7 Å². The maximum absolute atomic E-state index is 14.8. The third-order valence-electron chi connectivity index (χ3n) is 17.2. The van der Waals surface area contributed by atoms with E-state index in [9.17, 15) is 60.0 Å². The Hall–Kier alpha value is -2.54. The monoisotopic (exact) mass is 822 g/mol. The van der Waals surface area contributed by atoms with Crippen molar-refractivity contribution in [3.8, 4) is 0 Å². The highest BCUT2D eigenvalue weighted by Crippen LogP contribution is 2.75. The quantitative estimate of drug-likeness (QED) is 0.171. The number of hydrogen-bond donors (Lipinski definition) is 8. The van der Waals surface area contributed by atoms with Crippen LogP contribution in [0.25, 0.3) is 0 Å². The molecule has 0 radical (unpaired) electrons. The molecule has 58 heavy (non-hydrogen) atoms. The normalized spacial score (nSPS) is 52.6. The Morgan fingerprint density at radius 1 is 0.690 bits per heavy atom. The number of carbonyl (C=O) groups is 4. The molecule has 0 amide bonds. The van der Waals surface area contributed by atoms with Gasteiger partial charge in [-0.3, -0.25) is 9.59 Å². The number of hydrogen-bond acceptors (Lipinski definition) is 13. The van der Waals surface area contributed by atoms with Gasteiger partial charge in [-0.05, 0) is 110 Å². The largest absolute Gasteiger partial charge is 0.481 e. The molecule has 0 aromatic carbocycles. The van der Waals surface area contributed by atoms with Crippen molar-refractivity contribution in [2.45, 2.75) is 174 Å². The molecular weight excluding hydrogens is 760 g/mol. The molecular formula is C42H62O16. The van der Waals surface area contributed by atoms with Crippen LogP contribution in [0.1, 0.15) is 106 Å². The van der Waals surface area contributed by atoms with Crippen LogP contribution in [0, 0.1) is 50.2 Å². The van der Waals surface area contributed by atoms with Gasteiger partial charge in [0.2, 0.25) is 0 Å². The average molecular weight is 823 g/mol. The fourth-order valence-corrected chi connectivity index (χ4v) is 13.4. The molecule has 0 spiro atoms. The van der Waals surface area contributed by atoms with Crippen molar-refractivity contribution in [2.75, 3.05) is 0 Å². The maximum Gasteiger partial charge on any atom is 0.335 e. The van der Waals surface area contributed by atoms with E-state index in [2.05, 4.69) is 27.7 Å². The third-order valence-corrected chi connectivity index (χ3v) is 17.2. The first-order chi connectivity index (χ1) is 26.8. The summed E-state index contributed by atoms with van der Waals surface area (Å²) in [7, 11) is 0. The molecule has 2 saturated heterocycles. The molecule has 7 aliphatic rings. The van der Waals surface area contributed by atoms with Crippen LogP contribution in [0.5, 0.6) is 0 Å². The summed E-state index contributed by atoms with van der Waals surface area (Å²) in [5.41, 5.74) is -1.71. The second-order valence-corrected chi connectivity index (χ2v) is 20.6. The van der Waals surface area contributed by atoms with Gasteiger partial charge >= 0.3 is 17.9 Å². The number of fused-ring (bicyclic) bond motifs is 7. The van der Waals surface area contributed by atoms with E-state index < -0.39 is 107 Å². The van der Waals surface area contributed by atoms with E-state index in [4.69, 9.17) is 18.9 Å². The van der Waals surface area contributed by atoms with Gasteiger partial charge in [0, 0.05) is 5.92 Å². The molecule has 7 rings (SSSR count). The molecule has 326 valence electrons. The first-order valence-corrected chi connectivity index (χ1v) is 20.7. The molecule has 5 aliphatic carbocycles. The van der Waals surface area contributed by atoms with Crippen LogP contribution in [0.3, 0.4) is 0 Å². The van der Waals surface area contributed by atoms with E-state index >= 15 is 0 Å².